The molecule has 0 spiro atoms. The summed E-state index contributed by atoms with van der Waals surface area (Å²) in [6.07, 6.45) is 2.63. The molecule has 2 aliphatic rings. The first-order valence-corrected chi connectivity index (χ1v) is 9.18. The quantitative estimate of drug-likeness (QED) is 0.844. The van der Waals surface area contributed by atoms with Crippen LogP contribution in [0.5, 0.6) is 0 Å². The van der Waals surface area contributed by atoms with Gasteiger partial charge in [-0.3, -0.25) is 4.79 Å². The number of fused-ring (bicyclic) bond motifs is 1. The monoisotopic (exact) mass is 367 g/mol. The molecule has 0 bridgehead atoms. The van der Waals surface area contributed by atoms with E-state index >= 15 is 0 Å². The van der Waals surface area contributed by atoms with Gasteiger partial charge < -0.3 is 25.3 Å². The molecule has 2 N–H and O–H groups in total. The van der Waals surface area contributed by atoms with Gasteiger partial charge in [-0.1, -0.05) is 0 Å². The van der Waals surface area contributed by atoms with Crippen LogP contribution in [-0.4, -0.2) is 66.8 Å². The minimum Gasteiger partial charge on any atom is -0.369 e. The molecule has 1 saturated heterocycles. The highest BCUT2D eigenvalue weighted by atomic mass is 16.2. The normalized spacial score (nSPS) is 23.0. The fourth-order valence-corrected chi connectivity index (χ4v) is 3.53. The number of carbonyl (C=O) groups excluding carboxylic acids is 1. The molecule has 1 aromatic heterocycles. The van der Waals surface area contributed by atoms with E-state index in [-0.39, 0.29) is 12.2 Å². The molecular formula is C19H25N7O. The molecule has 4 rings (SSSR count). The Hall–Kier alpha value is -2.87. The second kappa shape index (κ2) is 7.03. The first kappa shape index (κ1) is 17.5. The third-order valence-corrected chi connectivity index (χ3v) is 5.42. The van der Waals surface area contributed by atoms with Gasteiger partial charge in [0.15, 0.2) is 6.29 Å². The van der Waals surface area contributed by atoms with Crippen molar-refractivity contribution in [2.45, 2.75) is 19.3 Å². The maximum atomic E-state index is 12.3. The number of likely N-dealkylation sites (N-methyl/N-ethyl adjacent to an activating group) is 1. The van der Waals surface area contributed by atoms with Crippen LogP contribution in [0.3, 0.4) is 0 Å². The largest absolute Gasteiger partial charge is 0.369 e. The average molecular weight is 367 g/mol. The van der Waals surface area contributed by atoms with Crippen LogP contribution in [0.25, 0.3) is 0 Å². The predicted molar refractivity (Wildman–Crippen MR) is 106 cm³/mol. The molecule has 0 saturated carbocycles. The van der Waals surface area contributed by atoms with Crippen LogP contribution < -0.4 is 20.4 Å². The number of hydrogen-bond donors (Lipinski definition) is 2. The highest BCUT2D eigenvalue weighted by Gasteiger charge is 2.29. The Morgan fingerprint density at radius 2 is 1.96 bits per heavy atom. The van der Waals surface area contributed by atoms with E-state index in [4.69, 9.17) is 0 Å². The lowest BCUT2D eigenvalue weighted by atomic mass is 10.1. The number of rotatable bonds is 3. The van der Waals surface area contributed by atoms with Crippen LogP contribution >= 0.6 is 0 Å². The zero-order valence-electron chi connectivity index (χ0n) is 15.9. The fourth-order valence-electron chi connectivity index (χ4n) is 3.53. The Balaban J connectivity index is 1.45. The summed E-state index contributed by atoms with van der Waals surface area (Å²) in [6.45, 7) is 5.39. The van der Waals surface area contributed by atoms with E-state index in [0.717, 1.165) is 25.3 Å². The third-order valence-electron chi connectivity index (χ3n) is 5.42. The van der Waals surface area contributed by atoms with Crippen LogP contribution in [-0.2, 0) is 0 Å². The first-order chi connectivity index (χ1) is 13.0. The molecular weight excluding hydrogens is 342 g/mol. The molecule has 0 aliphatic carbocycles. The highest BCUT2D eigenvalue weighted by molar-refractivity contribution is 6.00. The standard InChI is InChI=1S/C19H25N7O/c1-13-11-26(9-8-24(13)2)15-6-4-14(5-7-15)22-19-23-18(27)16-10-20-12-21-17(16)25(19)3/h4-7,10,12-13,19,22H,8-9,11H2,1-3H3,(H,23,27). The smallest absolute Gasteiger partial charge is 0.259 e. The van der Waals surface area contributed by atoms with E-state index in [1.54, 1.807) is 0 Å². The Morgan fingerprint density at radius 3 is 2.70 bits per heavy atom. The van der Waals surface area contributed by atoms with Crippen molar-refractivity contribution < 1.29 is 4.79 Å². The second-order valence-electron chi connectivity index (χ2n) is 7.21. The van der Waals surface area contributed by atoms with E-state index in [9.17, 15) is 4.79 Å². The predicted octanol–water partition coefficient (Wildman–Crippen LogP) is 1.19. The minimum atomic E-state index is -0.366. The summed E-state index contributed by atoms with van der Waals surface area (Å²) in [6, 6.07) is 8.90. The number of aromatic nitrogens is 2. The number of hydrogen-bond acceptors (Lipinski definition) is 7. The molecule has 1 fully saturated rings. The van der Waals surface area contributed by atoms with Crippen molar-refractivity contribution in [1.29, 1.82) is 0 Å². The summed E-state index contributed by atoms with van der Waals surface area (Å²) in [4.78, 5) is 27.1. The van der Waals surface area contributed by atoms with Gasteiger partial charge in [-0.2, -0.15) is 0 Å². The van der Waals surface area contributed by atoms with Gasteiger partial charge in [0, 0.05) is 50.3 Å². The van der Waals surface area contributed by atoms with Gasteiger partial charge in [0.1, 0.15) is 17.7 Å². The lowest BCUT2D eigenvalue weighted by Gasteiger charge is -2.39. The highest BCUT2D eigenvalue weighted by Crippen LogP contribution is 2.24. The lowest BCUT2D eigenvalue weighted by molar-refractivity contribution is 0.0932. The van der Waals surface area contributed by atoms with Crippen molar-refractivity contribution >= 4 is 23.1 Å². The van der Waals surface area contributed by atoms with E-state index in [0.29, 0.717) is 17.4 Å². The first-order valence-electron chi connectivity index (χ1n) is 9.18. The summed E-state index contributed by atoms with van der Waals surface area (Å²) >= 11 is 0. The van der Waals surface area contributed by atoms with Gasteiger partial charge in [-0.25, -0.2) is 9.97 Å². The van der Waals surface area contributed by atoms with Gasteiger partial charge in [-0.15, -0.1) is 0 Å². The van der Waals surface area contributed by atoms with Crippen LogP contribution in [0.1, 0.15) is 17.3 Å². The van der Waals surface area contributed by atoms with Crippen molar-refractivity contribution in [1.82, 2.24) is 20.2 Å². The number of nitrogens with one attached hydrogen (secondary N) is 2. The van der Waals surface area contributed by atoms with Gasteiger partial charge in [-0.05, 0) is 38.2 Å². The van der Waals surface area contributed by atoms with Crippen molar-refractivity contribution in [2.24, 2.45) is 0 Å². The van der Waals surface area contributed by atoms with Crippen molar-refractivity contribution in [2.75, 3.05) is 48.8 Å². The van der Waals surface area contributed by atoms with Gasteiger partial charge in [0.2, 0.25) is 0 Å². The zero-order valence-corrected chi connectivity index (χ0v) is 15.9. The van der Waals surface area contributed by atoms with Gasteiger partial charge in [0.05, 0.1) is 0 Å². The van der Waals surface area contributed by atoms with E-state index in [1.165, 1.54) is 18.2 Å². The molecule has 2 unspecified atom stereocenters. The number of carbonyl (C=O) groups is 1. The maximum absolute atomic E-state index is 12.3. The van der Waals surface area contributed by atoms with Crippen molar-refractivity contribution in [3.8, 4) is 0 Å². The van der Waals surface area contributed by atoms with Crippen molar-refractivity contribution in [3.05, 3.63) is 42.4 Å². The number of amides is 1. The lowest BCUT2D eigenvalue weighted by Crippen LogP contribution is -2.55. The molecule has 8 heteroatoms. The summed E-state index contributed by atoms with van der Waals surface area (Å²) in [7, 11) is 4.07. The molecule has 1 aromatic carbocycles. The topological polar surface area (TPSA) is 76.6 Å². The molecule has 1 amide bonds. The molecule has 2 aromatic rings. The van der Waals surface area contributed by atoms with Crippen LogP contribution in [0.4, 0.5) is 17.2 Å². The molecule has 8 nitrogen and oxygen atoms in total. The van der Waals surface area contributed by atoms with Crippen molar-refractivity contribution in [3.63, 3.8) is 0 Å². The minimum absolute atomic E-state index is 0.177. The SMILES string of the molecule is CC1CN(c2ccc(NC3NC(=O)c4cncnc4N3C)cc2)CCN1C. The van der Waals surface area contributed by atoms with E-state index in [2.05, 4.69) is 56.5 Å². The maximum Gasteiger partial charge on any atom is 0.259 e. The average Bonchev–Trinajstić information content (AvgIpc) is 2.69. The summed E-state index contributed by atoms with van der Waals surface area (Å²) in [5, 5.41) is 6.29. The molecule has 2 atom stereocenters. The van der Waals surface area contributed by atoms with E-state index < -0.39 is 0 Å². The molecule has 27 heavy (non-hydrogen) atoms. The molecule has 3 heterocycles. The van der Waals surface area contributed by atoms with E-state index in [1.807, 2.05) is 24.1 Å². The van der Waals surface area contributed by atoms with Crippen LogP contribution in [0.2, 0.25) is 0 Å². The summed E-state index contributed by atoms with van der Waals surface area (Å²) in [5.74, 6) is 0.443. The number of piperazine rings is 1. The molecule has 0 radical (unpaired) electrons. The Labute approximate surface area is 159 Å². The molecule has 2 aliphatic heterocycles. The van der Waals surface area contributed by atoms with Gasteiger partial charge in [0.25, 0.3) is 5.91 Å². The zero-order chi connectivity index (χ0) is 19.0. The third kappa shape index (κ3) is 3.40. The number of anilines is 3. The second-order valence-corrected chi connectivity index (χ2v) is 7.21. The van der Waals surface area contributed by atoms with Crippen LogP contribution in [0, 0.1) is 0 Å². The Kier molecular flexibility index (Phi) is 4.57. The van der Waals surface area contributed by atoms with Crippen LogP contribution in [0.15, 0.2) is 36.8 Å². The Morgan fingerprint density at radius 1 is 1.19 bits per heavy atom. The van der Waals surface area contributed by atoms with Gasteiger partial charge >= 0.3 is 0 Å². The summed E-state index contributed by atoms with van der Waals surface area (Å²) < 4.78 is 0. The fraction of sp³-hybridized carbons (Fsp3) is 0.421. The summed E-state index contributed by atoms with van der Waals surface area (Å²) in [5.41, 5.74) is 2.65. The number of nitrogens with zero attached hydrogens (tertiary/aromatic N) is 5. The molecule has 142 valence electrons. The Bertz CT molecular complexity index is 825. The number of benzene rings is 1.